The standard InChI is InChI=1S/C12H10N2O4/c15-6-5-13-11(17)9-10(16)7-3-1-2-4-8(7)14-12(9)18/h1-4,6H,5H2,(H,13,17)(H2,14,16,18). The van der Waals surface area contributed by atoms with Crippen LogP contribution in [-0.4, -0.2) is 28.8 Å². The lowest BCUT2D eigenvalue weighted by Crippen LogP contribution is -2.30. The summed E-state index contributed by atoms with van der Waals surface area (Å²) in [7, 11) is 0. The number of hydrogen-bond donors (Lipinski definition) is 3. The summed E-state index contributed by atoms with van der Waals surface area (Å²) in [5, 5.41) is 12.5. The summed E-state index contributed by atoms with van der Waals surface area (Å²) in [6, 6.07) is 6.57. The number of H-pyrrole nitrogens is 1. The summed E-state index contributed by atoms with van der Waals surface area (Å²) in [5.41, 5.74) is -0.655. The third-order valence-corrected chi connectivity index (χ3v) is 2.47. The molecule has 18 heavy (non-hydrogen) atoms. The first-order chi connectivity index (χ1) is 8.65. The Morgan fingerprint density at radius 2 is 2.11 bits per heavy atom. The molecule has 6 nitrogen and oxygen atoms in total. The van der Waals surface area contributed by atoms with Crippen molar-refractivity contribution in [3.63, 3.8) is 0 Å². The van der Waals surface area contributed by atoms with E-state index in [4.69, 9.17) is 0 Å². The molecule has 0 aliphatic rings. The van der Waals surface area contributed by atoms with Crippen molar-refractivity contribution >= 4 is 23.1 Å². The fourth-order valence-corrected chi connectivity index (χ4v) is 1.66. The normalized spacial score (nSPS) is 10.2. The van der Waals surface area contributed by atoms with Crippen LogP contribution in [0.4, 0.5) is 0 Å². The molecule has 0 aliphatic heterocycles. The van der Waals surface area contributed by atoms with Gasteiger partial charge in [-0.2, -0.15) is 0 Å². The van der Waals surface area contributed by atoms with E-state index in [1.807, 2.05) is 0 Å². The number of hydrogen-bond acceptors (Lipinski definition) is 4. The molecule has 2 rings (SSSR count). The highest BCUT2D eigenvalue weighted by Gasteiger charge is 2.18. The maximum atomic E-state index is 11.7. The fraction of sp³-hybridized carbons (Fsp3) is 0.0833. The van der Waals surface area contributed by atoms with Crippen molar-refractivity contribution in [2.24, 2.45) is 0 Å². The molecule has 0 bridgehead atoms. The summed E-state index contributed by atoms with van der Waals surface area (Å²) >= 11 is 0. The third kappa shape index (κ3) is 1.95. The Hall–Kier alpha value is -2.63. The molecule has 3 N–H and O–H groups in total. The number of carbonyl (C=O) groups excluding carboxylic acids is 2. The molecular formula is C12H10N2O4. The van der Waals surface area contributed by atoms with Crippen molar-refractivity contribution in [2.75, 3.05) is 6.54 Å². The number of amides is 1. The number of aromatic amines is 1. The molecule has 0 saturated carbocycles. The first-order valence-corrected chi connectivity index (χ1v) is 5.21. The Kier molecular flexibility index (Phi) is 3.09. The quantitative estimate of drug-likeness (QED) is 0.672. The fourth-order valence-electron chi connectivity index (χ4n) is 1.66. The van der Waals surface area contributed by atoms with Gasteiger partial charge in [0.2, 0.25) is 0 Å². The van der Waals surface area contributed by atoms with Gasteiger partial charge in [-0.25, -0.2) is 0 Å². The lowest BCUT2D eigenvalue weighted by Gasteiger charge is -2.06. The number of rotatable bonds is 3. The van der Waals surface area contributed by atoms with E-state index in [0.717, 1.165) is 0 Å². The molecule has 0 fully saturated rings. The van der Waals surface area contributed by atoms with Crippen molar-refractivity contribution in [1.29, 1.82) is 0 Å². The largest absolute Gasteiger partial charge is 0.506 e. The van der Waals surface area contributed by atoms with Crippen LogP contribution >= 0.6 is 0 Å². The first-order valence-electron chi connectivity index (χ1n) is 5.21. The predicted molar refractivity (Wildman–Crippen MR) is 64.6 cm³/mol. The minimum absolute atomic E-state index is 0.218. The number of pyridine rings is 1. The van der Waals surface area contributed by atoms with Crippen LogP contribution in [0.15, 0.2) is 29.1 Å². The zero-order chi connectivity index (χ0) is 13.1. The van der Waals surface area contributed by atoms with Crippen LogP contribution in [0.2, 0.25) is 0 Å². The average Bonchev–Trinajstić information content (AvgIpc) is 2.36. The number of aldehydes is 1. The number of fused-ring (bicyclic) bond motifs is 1. The molecule has 2 aromatic rings. The van der Waals surface area contributed by atoms with Gasteiger partial charge in [-0.15, -0.1) is 0 Å². The number of aromatic nitrogens is 1. The SMILES string of the molecule is O=CCNC(=O)c1c(O)c2ccccc2[nH]c1=O. The number of benzene rings is 1. The van der Waals surface area contributed by atoms with Crippen molar-refractivity contribution in [1.82, 2.24) is 10.3 Å². The predicted octanol–water partition coefficient (Wildman–Crippen LogP) is 0.162. The lowest BCUT2D eigenvalue weighted by molar-refractivity contribution is -0.107. The van der Waals surface area contributed by atoms with Gasteiger partial charge in [-0.3, -0.25) is 9.59 Å². The molecule has 1 aromatic heterocycles. The van der Waals surface area contributed by atoms with Crippen LogP contribution in [0, 0.1) is 0 Å². The maximum absolute atomic E-state index is 11.7. The summed E-state index contributed by atoms with van der Waals surface area (Å²) in [6.07, 6.45) is 0.490. The van der Waals surface area contributed by atoms with Gasteiger partial charge in [0.1, 0.15) is 17.6 Å². The van der Waals surface area contributed by atoms with Crippen LogP contribution in [0.3, 0.4) is 0 Å². The number of aromatic hydroxyl groups is 1. The molecular weight excluding hydrogens is 236 g/mol. The van der Waals surface area contributed by atoms with E-state index in [1.165, 1.54) is 0 Å². The minimum atomic E-state index is -0.786. The van der Waals surface area contributed by atoms with Crippen LogP contribution in [-0.2, 0) is 4.79 Å². The minimum Gasteiger partial charge on any atom is -0.506 e. The first kappa shape index (κ1) is 11.8. The monoisotopic (exact) mass is 246 g/mol. The maximum Gasteiger partial charge on any atom is 0.265 e. The second kappa shape index (κ2) is 4.70. The van der Waals surface area contributed by atoms with Crippen LogP contribution < -0.4 is 10.9 Å². The zero-order valence-electron chi connectivity index (χ0n) is 9.27. The highest BCUT2D eigenvalue weighted by atomic mass is 16.3. The third-order valence-electron chi connectivity index (χ3n) is 2.47. The lowest BCUT2D eigenvalue weighted by atomic mass is 10.1. The summed E-state index contributed by atoms with van der Waals surface area (Å²) in [4.78, 5) is 36.0. The van der Waals surface area contributed by atoms with Gasteiger partial charge in [-0.05, 0) is 12.1 Å². The highest BCUT2D eigenvalue weighted by molar-refractivity contribution is 6.02. The van der Waals surface area contributed by atoms with E-state index in [0.29, 0.717) is 17.2 Å². The molecule has 0 saturated heterocycles. The van der Waals surface area contributed by atoms with Gasteiger partial charge < -0.3 is 20.2 Å². The second-order valence-corrected chi connectivity index (χ2v) is 3.60. The molecule has 0 unspecified atom stereocenters. The van der Waals surface area contributed by atoms with E-state index in [2.05, 4.69) is 10.3 Å². The summed E-state index contributed by atoms with van der Waals surface area (Å²) in [5.74, 6) is -1.18. The van der Waals surface area contributed by atoms with Crippen molar-refractivity contribution < 1.29 is 14.7 Å². The van der Waals surface area contributed by atoms with Gasteiger partial charge in [0.25, 0.3) is 11.5 Å². The molecule has 6 heteroatoms. The van der Waals surface area contributed by atoms with Crippen molar-refractivity contribution in [3.8, 4) is 5.75 Å². The number of nitrogens with one attached hydrogen (secondary N) is 2. The molecule has 1 heterocycles. The topological polar surface area (TPSA) is 99.3 Å². The molecule has 0 aliphatic carbocycles. The van der Waals surface area contributed by atoms with Gasteiger partial charge >= 0.3 is 0 Å². The van der Waals surface area contributed by atoms with Crippen LogP contribution in [0.1, 0.15) is 10.4 Å². The highest BCUT2D eigenvalue weighted by Crippen LogP contribution is 2.24. The van der Waals surface area contributed by atoms with Crippen molar-refractivity contribution in [2.45, 2.75) is 0 Å². The Balaban J connectivity index is 2.60. The van der Waals surface area contributed by atoms with Crippen molar-refractivity contribution in [3.05, 3.63) is 40.2 Å². The van der Waals surface area contributed by atoms with E-state index >= 15 is 0 Å². The van der Waals surface area contributed by atoms with Gasteiger partial charge in [0.05, 0.1) is 12.1 Å². The van der Waals surface area contributed by atoms with Crippen LogP contribution in [0.25, 0.3) is 10.9 Å². The smallest absolute Gasteiger partial charge is 0.265 e. The molecule has 0 spiro atoms. The average molecular weight is 246 g/mol. The zero-order valence-corrected chi connectivity index (χ0v) is 9.27. The van der Waals surface area contributed by atoms with E-state index in [1.54, 1.807) is 24.3 Å². The van der Waals surface area contributed by atoms with E-state index in [9.17, 15) is 19.5 Å². The van der Waals surface area contributed by atoms with Crippen LogP contribution in [0.5, 0.6) is 5.75 Å². The second-order valence-electron chi connectivity index (χ2n) is 3.60. The number of carbonyl (C=O) groups is 2. The van der Waals surface area contributed by atoms with Gasteiger partial charge in [-0.1, -0.05) is 12.1 Å². The Labute approximate surface area is 101 Å². The van der Waals surface area contributed by atoms with Gasteiger partial charge in [0, 0.05) is 5.39 Å². The Morgan fingerprint density at radius 1 is 1.39 bits per heavy atom. The Bertz CT molecular complexity index is 675. The molecule has 0 radical (unpaired) electrons. The van der Waals surface area contributed by atoms with E-state index in [-0.39, 0.29) is 6.54 Å². The number of para-hydroxylation sites is 1. The van der Waals surface area contributed by atoms with Gasteiger partial charge in [0.15, 0.2) is 0 Å². The molecule has 0 atom stereocenters. The molecule has 92 valence electrons. The van der Waals surface area contributed by atoms with E-state index < -0.39 is 22.8 Å². The molecule has 1 amide bonds. The molecule has 1 aromatic carbocycles. The Morgan fingerprint density at radius 3 is 2.83 bits per heavy atom. The summed E-state index contributed by atoms with van der Waals surface area (Å²) < 4.78 is 0. The summed E-state index contributed by atoms with van der Waals surface area (Å²) in [6.45, 7) is -0.218.